The largest absolute Gasteiger partial charge is 0.396 e. The highest BCUT2D eigenvalue weighted by atomic mass is 35.5. The standard InChI is InChI=1S/C16H20ClN5O4/c1-11(20-13-2-5-18-9-19-13)8-12(17)14-15(26)21-16(3-6-23,4-7-24)22(14)10-25/h2,5,8-10,23-24H,3-4,6-7H2,1H3,(H,21,26)(H,18,19,20)/b11-8+,14-12+. The van der Waals surface area contributed by atoms with Gasteiger partial charge in [-0.05, 0) is 19.1 Å². The van der Waals surface area contributed by atoms with E-state index >= 15 is 0 Å². The summed E-state index contributed by atoms with van der Waals surface area (Å²) in [5.41, 5.74) is -0.673. The Morgan fingerprint density at radius 2 is 2.12 bits per heavy atom. The van der Waals surface area contributed by atoms with Crippen LogP contribution >= 0.6 is 11.6 Å². The quantitative estimate of drug-likeness (QED) is 0.376. The normalized spacial score (nSPS) is 18.5. The number of carbonyl (C=O) groups is 2. The van der Waals surface area contributed by atoms with E-state index in [-0.39, 0.29) is 36.8 Å². The number of amides is 2. The van der Waals surface area contributed by atoms with Crippen LogP contribution in [0.4, 0.5) is 5.82 Å². The van der Waals surface area contributed by atoms with E-state index in [0.717, 1.165) is 4.90 Å². The van der Waals surface area contributed by atoms with E-state index in [1.807, 2.05) is 0 Å². The minimum Gasteiger partial charge on any atom is -0.396 e. The second kappa shape index (κ2) is 8.75. The first-order chi connectivity index (χ1) is 12.5. The minimum absolute atomic E-state index is 0.0337. The SMILES string of the molecule is C/C(=C\C(Cl)=C1\C(=O)NC(CCO)(CCO)N1C=O)Nc1ccncn1. The first-order valence-electron chi connectivity index (χ1n) is 7.87. The Morgan fingerprint density at radius 3 is 2.65 bits per heavy atom. The number of aliphatic hydroxyl groups excluding tert-OH is 2. The highest BCUT2D eigenvalue weighted by Crippen LogP contribution is 2.33. The Bertz CT molecular complexity index is 717. The molecule has 0 radical (unpaired) electrons. The maximum absolute atomic E-state index is 12.4. The van der Waals surface area contributed by atoms with Gasteiger partial charge in [-0.15, -0.1) is 0 Å². The predicted octanol–water partition coefficient (Wildman–Crippen LogP) is 0.292. The summed E-state index contributed by atoms with van der Waals surface area (Å²) in [5.74, 6) is -0.0173. The third kappa shape index (κ3) is 4.18. The molecule has 1 aromatic heterocycles. The van der Waals surface area contributed by atoms with Crippen LogP contribution in [0.2, 0.25) is 0 Å². The first-order valence-corrected chi connectivity index (χ1v) is 8.25. The number of carbonyl (C=O) groups excluding carboxylic acids is 2. The molecule has 0 saturated carbocycles. The Labute approximate surface area is 155 Å². The summed E-state index contributed by atoms with van der Waals surface area (Å²) in [6.45, 7) is 1.16. The summed E-state index contributed by atoms with van der Waals surface area (Å²) in [4.78, 5) is 33.0. The van der Waals surface area contributed by atoms with E-state index in [9.17, 15) is 19.8 Å². The lowest BCUT2D eigenvalue weighted by Crippen LogP contribution is -2.52. The van der Waals surface area contributed by atoms with E-state index in [4.69, 9.17) is 11.6 Å². The lowest BCUT2D eigenvalue weighted by atomic mass is 10.0. The van der Waals surface area contributed by atoms with Gasteiger partial charge in [0.05, 0.1) is 5.03 Å². The second-order valence-corrected chi connectivity index (χ2v) is 6.06. The lowest BCUT2D eigenvalue weighted by Gasteiger charge is -2.34. The fraction of sp³-hybridized carbons (Fsp3) is 0.375. The van der Waals surface area contributed by atoms with Gasteiger partial charge in [0.2, 0.25) is 6.41 Å². The average Bonchev–Trinajstić information content (AvgIpc) is 2.87. The maximum atomic E-state index is 12.4. The molecule has 10 heteroatoms. The molecule has 1 aliphatic rings. The van der Waals surface area contributed by atoms with Crippen LogP contribution < -0.4 is 10.6 Å². The van der Waals surface area contributed by atoms with Crippen molar-refractivity contribution < 1.29 is 19.8 Å². The molecule has 1 saturated heterocycles. The summed E-state index contributed by atoms with van der Waals surface area (Å²) >= 11 is 6.29. The van der Waals surface area contributed by atoms with Crippen molar-refractivity contribution in [3.05, 3.63) is 41.1 Å². The van der Waals surface area contributed by atoms with Crippen LogP contribution in [0.25, 0.3) is 0 Å². The van der Waals surface area contributed by atoms with Crippen molar-refractivity contribution in [3.63, 3.8) is 0 Å². The second-order valence-electron chi connectivity index (χ2n) is 5.65. The van der Waals surface area contributed by atoms with E-state index in [1.165, 1.54) is 12.4 Å². The van der Waals surface area contributed by atoms with Gasteiger partial charge in [0.15, 0.2) is 0 Å². The number of anilines is 1. The van der Waals surface area contributed by atoms with Crippen LogP contribution in [-0.2, 0) is 9.59 Å². The molecule has 0 atom stereocenters. The smallest absolute Gasteiger partial charge is 0.271 e. The monoisotopic (exact) mass is 381 g/mol. The van der Waals surface area contributed by atoms with Gasteiger partial charge >= 0.3 is 0 Å². The molecule has 0 aromatic carbocycles. The minimum atomic E-state index is -1.21. The van der Waals surface area contributed by atoms with E-state index in [0.29, 0.717) is 17.9 Å². The Balaban J connectivity index is 2.35. The van der Waals surface area contributed by atoms with Gasteiger partial charge in [-0.3, -0.25) is 14.5 Å². The van der Waals surface area contributed by atoms with Crippen LogP contribution in [-0.4, -0.2) is 56.3 Å². The number of nitrogens with zero attached hydrogens (tertiary/aromatic N) is 3. The number of aromatic nitrogens is 2. The molecule has 4 N–H and O–H groups in total. The van der Waals surface area contributed by atoms with Gasteiger partial charge in [0.25, 0.3) is 5.91 Å². The van der Waals surface area contributed by atoms with Crippen molar-refractivity contribution in [1.29, 1.82) is 0 Å². The number of allylic oxidation sites excluding steroid dienone is 3. The summed E-state index contributed by atoms with van der Waals surface area (Å²) < 4.78 is 0. The van der Waals surface area contributed by atoms with Crippen LogP contribution in [0, 0.1) is 0 Å². The zero-order valence-corrected chi connectivity index (χ0v) is 14.9. The summed E-state index contributed by atoms with van der Waals surface area (Å²) in [6, 6.07) is 1.66. The molecule has 9 nitrogen and oxygen atoms in total. The number of nitrogens with one attached hydrogen (secondary N) is 2. The fourth-order valence-electron chi connectivity index (χ4n) is 2.75. The zero-order valence-electron chi connectivity index (χ0n) is 14.1. The molecular formula is C16H20ClN5O4. The summed E-state index contributed by atoms with van der Waals surface area (Å²) in [5, 5.41) is 24.3. The number of rotatable bonds is 8. The highest BCUT2D eigenvalue weighted by molar-refractivity contribution is 6.33. The van der Waals surface area contributed by atoms with Crippen molar-refractivity contribution in [3.8, 4) is 0 Å². The fourth-order valence-corrected chi connectivity index (χ4v) is 3.09. The van der Waals surface area contributed by atoms with Gasteiger partial charge < -0.3 is 20.8 Å². The summed E-state index contributed by atoms with van der Waals surface area (Å²) in [7, 11) is 0. The predicted molar refractivity (Wildman–Crippen MR) is 94.5 cm³/mol. The Hall–Kier alpha value is -2.49. The molecule has 0 unspecified atom stereocenters. The third-order valence-electron chi connectivity index (χ3n) is 3.90. The number of aliphatic hydroxyl groups is 2. The van der Waals surface area contributed by atoms with Crippen LogP contribution in [0.5, 0.6) is 0 Å². The zero-order chi connectivity index (χ0) is 19.2. The molecule has 2 amide bonds. The third-order valence-corrected chi connectivity index (χ3v) is 4.18. The van der Waals surface area contributed by atoms with Gasteiger partial charge in [-0.1, -0.05) is 11.6 Å². The topological polar surface area (TPSA) is 128 Å². The van der Waals surface area contributed by atoms with Gasteiger partial charge in [0.1, 0.15) is 23.5 Å². The maximum Gasteiger partial charge on any atom is 0.271 e. The molecule has 0 aliphatic carbocycles. The highest BCUT2D eigenvalue weighted by Gasteiger charge is 2.47. The van der Waals surface area contributed by atoms with Gasteiger partial charge in [-0.25, -0.2) is 9.97 Å². The molecule has 1 aliphatic heterocycles. The van der Waals surface area contributed by atoms with Crippen molar-refractivity contribution in [1.82, 2.24) is 20.2 Å². The Morgan fingerprint density at radius 1 is 1.42 bits per heavy atom. The van der Waals surface area contributed by atoms with Gasteiger partial charge in [-0.2, -0.15) is 0 Å². The number of halogens is 1. The number of hydrogen-bond acceptors (Lipinski definition) is 7. The molecule has 140 valence electrons. The van der Waals surface area contributed by atoms with Crippen LogP contribution in [0.15, 0.2) is 41.1 Å². The molecule has 0 bridgehead atoms. The molecule has 26 heavy (non-hydrogen) atoms. The van der Waals surface area contributed by atoms with E-state index in [1.54, 1.807) is 19.2 Å². The van der Waals surface area contributed by atoms with Crippen molar-refractivity contribution in [2.45, 2.75) is 25.4 Å². The van der Waals surface area contributed by atoms with Crippen molar-refractivity contribution in [2.24, 2.45) is 0 Å². The Kier molecular flexibility index (Phi) is 6.67. The summed E-state index contributed by atoms with van der Waals surface area (Å²) in [6.07, 6.45) is 5.03. The van der Waals surface area contributed by atoms with Crippen molar-refractivity contribution in [2.75, 3.05) is 18.5 Å². The van der Waals surface area contributed by atoms with Crippen LogP contribution in [0.3, 0.4) is 0 Å². The van der Waals surface area contributed by atoms with Crippen molar-refractivity contribution >= 4 is 29.7 Å². The molecule has 2 rings (SSSR count). The molecule has 1 fully saturated rings. The van der Waals surface area contributed by atoms with E-state index < -0.39 is 11.6 Å². The average molecular weight is 382 g/mol. The molecule has 0 spiro atoms. The number of hydrogen-bond donors (Lipinski definition) is 4. The first kappa shape index (κ1) is 19.8. The molecule has 1 aromatic rings. The molecular weight excluding hydrogens is 362 g/mol. The van der Waals surface area contributed by atoms with Crippen LogP contribution in [0.1, 0.15) is 19.8 Å². The molecule has 2 heterocycles. The van der Waals surface area contributed by atoms with E-state index in [2.05, 4.69) is 20.6 Å². The van der Waals surface area contributed by atoms with Gasteiger partial charge in [0, 0.05) is 37.9 Å². The lowest BCUT2D eigenvalue weighted by molar-refractivity contribution is -0.121.